The Morgan fingerprint density at radius 3 is 2.51 bits per heavy atom. The largest absolute Gasteiger partial charge is 0.433 e. The van der Waals surface area contributed by atoms with Crippen LogP contribution in [0, 0.1) is 18.2 Å². The molecule has 7 nitrogen and oxygen atoms in total. The van der Waals surface area contributed by atoms with Gasteiger partial charge in [0, 0.05) is 24.2 Å². The lowest BCUT2D eigenvalue weighted by Gasteiger charge is -2.16. The van der Waals surface area contributed by atoms with Gasteiger partial charge in [-0.15, -0.1) is 6.42 Å². The number of carbonyl (C=O) groups is 1. The van der Waals surface area contributed by atoms with Crippen LogP contribution in [0.1, 0.15) is 42.1 Å². The number of sulfonamides is 1. The molecule has 0 saturated heterocycles. The summed E-state index contributed by atoms with van der Waals surface area (Å²) in [5, 5.41) is 5.30. The highest BCUT2D eigenvalue weighted by Crippen LogP contribution is 2.31. The van der Waals surface area contributed by atoms with E-state index in [4.69, 9.17) is 6.42 Å². The minimum Gasteiger partial charge on any atom is -0.370 e. The third kappa shape index (κ3) is 7.71. The van der Waals surface area contributed by atoms with Crippen molar-refractivity contribution in [3.63, 3.8) is 0 Å². The van der Waals surface area contributed by atoms with Crippen LogP contribution in [-0.2, 0) is 27.5 Å². The summed E-state index contributed by atoms with van der Waals surface area (Å²) in [6.45, 7) is 5.71. The highest BCUT2D eigenvalue weighted by molar-refractivity contribution is 7.92. The Kier molecular flexibility index (Phi) is 8.87. The zero-order valence-electron chi connectivity index (χ0n) is 19.0. The number of nitrogens with zero attached hydrogens (tertiary/aromatic N) is 1. The first-order valence-electron chi connectivity index (χ1n) is 10.3. The first-order chi connectivity index (χ1) is 16.3. The molecular formula is C23H24F4N4O3S. The Labute approximate surface area is 201 Å². The van der Waals surface area contributed by atoms with Crippen molar-refractivity contribution in [1.29, 1.82) is 0 Å². The number of hydrogen-bond acceptors (Lipinski definition) is 5. The summed E-state index contributed by atoms with van der Waals surface area (Å²) >= 11 is 0. The maximum atomic E-state index is 14.4. The monoisotopic (exact) mass is 512 g/mol. The minimum atomic E-state index is -4.67. The van der Waals surface area contributed by atoms with E-state index in [1.165, 1.54) is 6.07 Å². The number of carbonyl (C=O) groups excluding carboxylic acids is 1. The van der Waals surface area contributed by atoms with Crippen LogP contribution in [0.4, 0.5) is 29.1 Å². The van der Waals surface area contributed by atoms with Gasteiger partial charge in [0.25, 0.3) is 5.91 Å². The Morgan fingerprint density at radius 2 is 1.94 bits per heavy atom. The zero-order valence-corrected chi connectivity index (χ0v) is 19.8. The smallest absolute Gasteiger partial charge is 0.370 e. The molecular weight excluding hydrogens is 488 g/mol. The standard InChI is InChI=1S/C23H24F4N4O3S/c1-5-7-10-28-21-17(8-9-19(30-21)23(25,26)27)14(3)22(32)29-13-15-11-16(6-2)20(18(24)12-15)31-35(4,33)34/h2,8-9,11-12,31H,3,5,7,10,13H2,1,4H3,(H,28,30)(H,29,32). The average Bonchev–Trinajstić information content (AvgIpc) is 2.77. The molecule has 3 N–H and O–H groups in total. The fourth-order valence-corrected chi connectivity index (χ4v) is 3.54. The average molecular weight is 513 g/mol. The third-order valence-electron chi connectivity index (χ3n) is 4.65. The number of aromatic nitrogens is 1. The molecule has 0 fully saturated rings. The van der Waals surface area contributed by atoms with Crippen LogP contribution in [0.3, 0.4) is 0 Å². The number of pyridine rings is 1. The molecule has 1 aromatic carbocycles. The van der Waals surface area contributed by atoms with Crippen molar-refractivity contribution in [3.05, 3.63) is 59.0 Å². The van der Waals surface area contributed by atoms with E-state index in [0.29, 0.717) is 13.0 Å². The van der Waals surface area contributed by atoms with Crippen LogP contribution in [-0.4, -0.2) is 32.1 Å². The quantitative estimate of drug-likeness (QED) is 0.192. The number of halogens is 4. The second kappa shape index (κ2) is 11.2. The molecule has 2 aromatic rings. The van der Waals surface area contributed by atoms with Crippen LogP contribution in [0.2, 0.25) is 0 Å². The first-order valence-corrected chi connectivity index (χ1v) is 12.2. The molecule has 35 heavy (non-hydrogen) atoms. The summed E-state index contributed by atoms with van der Waals surface area (Å²) in [6.07, 6.45) is 2.98. The number of nitrogens with one attached hydrogen (secondary N) is 3. The first kappa shape index (κ1) is 27.7. The summed E-state index contributed by atoms with van der Waals surface area (Å²) < 4.78 is 78.6. The van der Waals surface area contributed by atoms with E-state index in [1.807, 2.05) is 11.6 Å². The Balaban J connectivity index is 2.24. The molecule has 0 spiro atoms. The fraction of sp³-hybridized carbons (Fsp3) is 0.304. The Morgan fingerprint density at radius 1 is 1.26 bits per heavy atom. The molecule has 0 saturated carbocycles. The molecule has 12 heteroatoms. The van der Waals surface area contributed by atoms with E-state index >= 15 is 0 Å². The predicted molar refractivity (Wildman–Crippen MR) is 126 cm³/mol. The van der Waals surface area contributed by atoms with E-state index in [9.17, 15) is 30.8 Å². The van der Waals surface area contributed by atoms with Gasteiger partial charge in [0.05, 0.1) is 17.5 Å². The number of benzene rings is 1. The molecule has 1 aromatic heterocycles. The number of unbranched alkanes of at least 4 members (excludes halogenated alkanes) is 1. The third-order valence-corrected chi connectivity index (χ3v) is 5.23. The second-order valence-corrected chi connectivity index (χ2v) is 9.30. The number of hydrogen-bond donors (Lipinski definition) is 3. The minimum absolute atomic E-state index is 0.0761. The number of amides is 1. The van der Waals surface area contributed by atoms with Crippen LogP contribution < -0.4 is 15.4 Å². The van der Waals surface area contributed by atoms with Gasteiger partial charge in [0.2, 0.25) is 10.0 Å². The Bertz CT molecular complexity index is 1270. The molecule has 188 valence electrons. The van der Waals surface area contributed by atoms with E-state index in [-0.39, 0.29) is 34.6 Å². The van der Waals surface area contributed by atoms with Gasteiger partial charge in [-0.1, -0.05) is 25.8 Å². The lowest BCUT2D eigenvalue weighted by molar-refractivity contribution is -0.141. The van der Waals surface area contributed by atoms with Crippen LogP contribution >= 0.6 is 0 Å². The maximum Gasteiger partial charge on any atom is 0.433 e. The van der Waals surface area contributed by atoms with Gasteiger partial charge < -0.3 is 10.6 Å². The highest BCUT2D eigenvalue weighted by Gasteiger charge is 2.33. The van der Waals surface area contributed by atoms with Gasteiger partial charge in [-0.2, -0.15) is 13.2 Å². The van der Waals surface area contributed by atoms with Crippen LogP contribution in [0.5, 0.6) is 0 Å². The number of rotatable bonds is 10. The Hall–Kier alpha value is -3.59. The van der Waals surface area contributed by atoms with Crippen molar-refractivity contribution in [2.75, 3.05) is 22.8 Å². The highest BCUT2D eigenvalue weighted by atomic mass is 32.2. The van der Waals surface area contributed by atoms with Crippen molar-refractivity contribution < 1.29 is 30.8 Å². The van der Waals surface area contributed by atoms with Gasteiger partial charge in [0.1, 0.15) is 17.3 Å². The van der Waals surface area contributed by atoms with Crippen LogP contribution in [0.15, 0.2) is 30.8 Å². The molecule has 0 radical (unpaired) electrons. The molecule has 1 heterocycles. The molecule has 0 unspecified atom stereocenters. The van der Waals surface area contributed by atoms with Gasteiger partial charge in [-0.25, -0.2) is 17.8 Å². The van der Waals surface area contributed by atoms with Gasteiger partial charge >= 0.3 is 6.18 Å². The molecule has 1 amide bonds. The molecule has 0 aliphatic carbocycles. The summed E-state index contributed by atoms with van der Waals surface area (Å²) in [6, 6.07) is 4.17. The van der Waals surface area contributed by atoms with Gasteiger partial charge in [-0.05, 0) is 36.2 Å². The van der Waals surface area contributed by atoms with E-state index < -0.39 is 39.3 Å². The van der Waals surface area contributed by atoms with Crippen molar-refractivity contribution in [2.24, 2.45) is 0 Å². The summed E-state index contributed by atoms with van der Waals surface area (Å²) in [5.74, 6) is 0.373. The summed E-state index contributed by atoms with van der Waals surface area (Å²) in [5.41, 5.74) is -1.44. The van der Waals surface area contributed by atoms with E-state index in [0.717, 1.165) is 30.9 Å². The lowest BCUT2D eigenvalue weighted by Crippen LogP contribution is -2.24. The number of anilines is 2. The molecule has 2 rings (SSSR count). The van der Waals surface area contributed by atoms with Crippen LogP contribution in [0.25, 0.3) is 5.57 Å². The normalized spacial score (nSPS) is 11.5. The predicted octanol–water partition coefficient (Wildman–Crippen LogP) is 4.13. The van der Waals surface area contributed by atoms with E-state index in [2.05, 4.69) is 28.1 Å². The summed E-state index contributed by atoms with van der Waals surface area (Å²) in [4.78, 5) is 16.3. The van der Waals surface area contributed by atoms with Crippen molar-refractivity contribution in [3.8, 4) is 12.3 Å². The van der Waals surface area contributed by atoms with Crippen molar-refractivity contribution in [2.45, 2.75) is 32.5 Å². The van der Waals surface area contributed by atoms with Crippen molar-refractivity contribution >= 4 is 33.0 Å². The van der Waals surface area contributed by atoms with Gasteiger partial charge in [0.15, 0.2) is 0 Å². The topological polar surface area (TPSA) is 100 Å². The maximum absolute atomic E-state index is 14.4. The van der Waals surface area contributed by atoms with Gasteiger partial charge in [-0.3, -0.25) is 9.52 Å². The van der Waals surface area contributed by atoms with E-state index in [1.54, 1.807) is 0 Å². The number of alkyl halides is 3. The van der Waals surface area contributed by atoms with Crippen molar-refractivity contribution in [1.82, 2.24) is 10.3 Å². The summed E-state index contributed by atoms with van der Waals surface area (Å²) in [7, 11) is -3.79. The number of terminal acetylenes is 1. The SMILES string of the molecule is C#Cc1cc(CNC(=O)C(=C)c2ccc(C(F)(F)F)nc2NCCCC)cc(F)c1NS(C)(=O)=O. The molecule has 0 aliphatic rings. The molecule has 0 bridgehead atoms. The lowest BCUT2D eigenvalue weighted by atomic mass is 10.1. The fourth-order valence-electron chi connectivity index (χ4n) is 2.96. The second-order valence-electron chi connectivity index (χ2n) is 7.55. The molecule has 0 atom stereocenters. The molecule has 0 aliphatic heterocycles. The zero-order chi connectivity index (χ0) is 26.4.